The zero-order chi connectivity index (χ0) is 14.6. The standard InChI is InChI=1S/C15H20N2O3/c1-2-3-8-19-9-10-20-12-15(18)17-14-7-5-4-6-13(14)11-16/h4-7H,2-3,8-10,12H2,1H3,(H,17,18). The molecule has 0 atom stereocenters. The van der Waals surface area contributed by atoms with Crippen molar-refractivity contribution in [3.05, 3.63) is 29.8 Å². The third-order valence-corrected chi connectivity index (χ3v) is 2.57. The van der Waals surface area contributed by atoms with E-state index in [1.54, 1.807) is 24.3 Å². The van der Waals surface area contributed by atoms with E-state index in [4.69, 9.17) is 14.7 Å². The number of nitrogens with zero attached hydrogens (tertiary/aromatic N) is 1. The average Bonchev–Trinajstić information content (AvgIpc) is 2.47. The van der Waals surface area contributed by atoms with Crippen molar-refractivity contribution < 1.29 is 14.3 Å². The van der Waals surface area contributed by atoms with E-state index in [0.29, 0.717) is 24.5 Å². The van der Waals surface area contributed by atoms with Crippen LogP contribution in [0.1, 0.15) is 25.3 Å². The Morgan fingerprint density at radius 3 is 2.75 bits per heavy atom. The zero-order valence-electron chi connectivity index (χ0n) is 11.7. The maximum atomic E-state index is 11.6. The number of para-hydroxylation sites is 1. The first-order valence-electron chi connectivity index (χ1n) is 6.72. The van der Waals surface area contributed by atoms with Crippen LogP contribution in [0.4, 0.5) is 5.69 Å². The Morgan fingerprint density at radius 1 is 1.25 bits per heavy atom. The van der Waals surface area contributed by atoms with Crippen molar-refractivity contribution in [2.24, 2.45) is 0 Å². The first-order valence-corrected chi connectivity index (χ1v) is 6.72. The van der Waals surface area contributed by atoms with E-state index in [1.165, 1.54) is 0 Å². The molecular weight excluding hydrogens is 256 g/mol. The number of carbonyl (C=O) groups excluding carboxylic acids is 1. The highest BCUT2D eigenvalue weighted by molar-refractivity contribution is 5.92. The Labute approximate surface area is 119 Å². The Hall–Kier alpha value is -1.90. The van der Waals surface area contributed by atoms with Gasteiger partial charge in [-0.2, -0.15) is 5.26 Å². The van der Waals surface area contributed by atoms with Crippen molar-refractivity contribution in [1.29, 1.82) is 5.26 Å². The topological polar surface area (TPSA) is 71.3 Å². The zero-order valence-corrected chi connectivity index (χ0v) is 11.7. The van der Waals surface area contributed by atoms with Crippen LogP contribution in [0.15, 0.2) is 24.3 Å². The molecule has 5 heteroatoms. The first kappa shape index (κ1) is 16.2. The predicted octanol–water partition coefficient (Wildman–Crippen LogP) is 2.33. The number of hydrogen-bond acceptors (Lipinski definition) is 4. The van der Waals surface area contributed by atoms with Crippen molar-refractivity contribution in [2.45, 2.75) is 19.8 Å². The molecule has 0 saturated carbocycles. The molecule has 0 fully saturated rings. The summed E-state index contributed by atoms with van der Waals surface area (Å²) in [6, 6.07) is 8.87. The van der Waals surface area contributed by atoms with E-state index in [-0.39, 0.29) is 12.5 Å². The van der Waals surface area contributed by atoms with Crippen LogP contribution in [0.2, 0.25) is 0 Å². The highest BCUT2D eigenvalue weighted by atomic mass is 16.5. The quantitative estimate of drug-likeness (QED) is 0.703. The second-order valence-electron chi connectivity index (χ2n) is 4.22. The number of ether oxygens (including phenoxy) is 2. The smallest absolute Gasteiger partial charge is 0.250 e. The van der Waals surface area contributed by atoms with Crippen LogP contribution in [0, 0.1) is 11.3 Å². The summed E-state index contributed by atoms with van der Waals surface area (Å²) in [7, 11) is 0. The number of unbranched alkanes of at least 4 members (excludes halogenated alkanes) is 1. The average molecular weight is 276 g/mol. The fraction of sp³-hybridized carbons (Fsp3) is 0.467. The minimum atomic E-state index is -0.277. The van der Waals surface area contributed by atoms with Gasteiger partial charge in [-0.25, -0.2) is 0 Å². The molecule has 1 aromatic carbocycles. The molecule has 5 nitrogen and oxygen atoms in total. The van der Waals surface area contributed by atoms with Crippen LogP contribution in [-0.2, 0) is 14.3 Å². The number of nitrogens with one attached hydrogen (secondary N) is 1. The van der Waals surface area contributed by atoms with E-state index in [9.17, 15) is 4.79 Å². The van der Waals surface area contributed by atoms with E-state index in [2.05, 4.69) is 12.2 Å². The molecule has 1 aromatic rings. The predicted molar refractivity (Wildman–Crippen MR) is 76.3 cm³/mol. The summed E-state index contributed by atoms with van der Waals surface area (Å²) in [5, 5.41) is 11.5. The summed E-state index contributed by atoms with van der Waals surface area (Å²) in [6.07, 6.45) is 2.13. The molecule has 0 spiro atoms. The Morgan fingerprint density at radius 2 is 2.00 bits per heavy atom. The lowest BCUT2D eigenvalue weighted by molar-refractivity contribution is -0.121. The Bertz CT molecular complexity index is 455. The number of anilines is 1. The summed E-state index contributed by atoms with van der Waals surface area (Å²) in [4.78, 5) is 11.6. The molecule has 0 saturated heterocycles. The van der Waals surface area contributed by atoms with Crippen molar-refractivity contribution in [1.82, 2.24) is 0 Å². The van der Waals surface area contributed by atoms with E-state index in [0.717, 1.165) is 19.4 Å². The molecule has 0 unspecified atom stereocenters. The Balaban J connectivity index is 2.19. The number of benzene rings is 1. The number of hydrogen-bond donors (Lipinski definition) is 1. The minimum absolute atomic E-state index is 0.0447. The fourth-order valence-corrected chi connectivity index (χ4v) is 1.51. The number of amides is 1. The van der Waals surface area contributed by atoms with Crippen molar-refractivity contribution in [3.63, 3.8) is 0 Å². The normalized spacial score (nSPS) is 10.0. The minimum Gasteiger partial charge on any atom is -0.379 e. The van der Waals surface area contributed by atoms with Crippen LogP contribution in [-0.4, -0.2) is 32.3 Å². The molecular formula is C15H20N2O3. The third-order valence-electron chi connectivity index (χ3n) is 2.57. The third kappa shape index (κ3) is 6.32. The second kappa shape index (κ2) is 9.96. The van der Waals surface area contributed by atoms with Crippen LogP contribution >= 0.6 is 0 Å². The molecule has 0 bridgehead atoms. The molecule has 0 aliphatic rings. The van der Waals surface area contributed by atoms with Gasteiger partial charge < -0.3 is 14.8 Å². The van der Waals surface area contributed by atoms with Gasteiger partial charge in [0.1, 0.15) is 12.7 Å². The lowest BCUT2D eigenvalue weighted by atomic mass is 10.2. The van der Waals surface area contributed by atoms with E-state index < -0.39 is 0 Å². The number of carbonyl (C=O) groups is 1. The molecule has 1 amide bonds. The highest BCUT2D eigenvalue weighted by Gasteiger charge is 2.05. The SMILES string of the molecule is CCCCOCCOCC(=O)Nc1ccccc1C#N. The molecule has 20 heavy (non-hydrogen) atoms. The van der Waals surface area contributed by atoms with Crippen LogP contribution in [0.3, 0.4) is 0 Å². The van der Waals surface area contributed by atoms with E-state index >= 15 is 0 Å². The summed E-state index contributed by atoms with van der Waals surface area (Å²) in [6.45, 7) is 3.65. The molecule has 0 radical (unpaired) electrons. The van der Waals surface area contributed by atoms with Gasteiger partial charge in [-0.3, -0.25) is 4.79 Å². The summed E-state index contributed by atoms with van der Waals surface area (Å²) >= 11 is 0. The monoisotopic (exact) mass is 276 g/mol. The molecule has 0 aliphatic carbocycles. The largest absolute Gasteiger partial charge is 0.379 e. The van der Waals surface area contributed by atoms with Gasteiger partial charge in [-0.05, 0) is 18.6 Å². The number of nitriles is 1. The van der Waals surface area contributed by atoms with Crippen LogP contribution in [0.5, 0.6) is 0 Å². The van der Waals surface area contributed by atoms with Crippen LogP contribution in [0.25, 0.3) is 0 Å². The van der Waals surface area contributed by atoms with Gasteiger partial charge in [-0.15, -0.1) is 0 Å². The summed E-state index contributed by atoms with van der Waals surface area (Å²) in [5.74, 6) is -0.277. The van der Waals surface area contributed by atoms with Crippen LogP contribution < -0.4 is 5.32 Å². The van der Waals surface area contributed by atoms with E-state index in [1.807, 2.05) is 6.07 Å². The number of rotatable bonds is 9. The lowest BCUT2D eigenvalue weighted by Gasteiger charge is -2.08. The fourth-order valence-electron chi connectivity index (χ4n) is 1.51. The molecule has 1 rings (SSSR count). The summed E-state index contributed by atoms with van der Waals surface area (Å²) < 4.78 is 10.5. The first-order chi connectivity index (χ1) is 9.77. The van der Waals surface area contributed by atoms with Gasteiger partial charge in [0, 0.05) is 6.61 Å². The highest BCUT2D eigenvalue weighted by Crippen LogP contribution is 2.13. The van der Waals surface area contributed by atoms with Crippen molar-refractivity contribution >= 4 is 11.6 Å². The van der Waals surface area contributed by atoms with Gasteiger partial charge >= 0.3 is 0 Å². The maximum absolute atomic E-state index is 11.6. The molecule has 0 aliphatic heterocycles. The molecule has 0 aromatic heterocycles. The molecule has 1 N–H and O–H groups in total. The molecule has 108 valence electrons. The van der Waals surface area contributed by atoms with Crippen molar-refractivity contribution in [2.75, 3.05) is 31.7 Å². The second-order valence-corrected chi connectivity index (χ2v) is 4.22. The van der Waals surface area contributed by atoms with Gasteiger partial charge in [0.05, 0.1) is 24.5 Å². The van der Waals surface area contributed by atoms with Gasteiger partial charge in [0.25, 0.3) is 0 Å². The van der Waals surface area contributed by atoms with Gasteiger partial charge in [-0.1, -0.05) is 25.5 Å². The Kier molecular flexibility index (Phi) is 8.04. The summed E-state index contributed by atoms with van der Waals surface area (Å²) in [5.41, 5.74) is 0.937. The van der Waals surface area contributed by atoms with Gasteiger partial charge in [0.15, 0.2) is 0 Å². The molecule has 0 heterocycles. The maximum Gasteiger partial charge on any atom is 0.250 e. The van der Waals surface area contributed by atoms with Crippen molar-refractivity contribution in [3.8, 4) is 6.07 Å². The van der Waals surface area contributed by atoms with Gasteiger partial charge in [0.2, 0.25) is 5.91 Å². The lowest BCUT2D eigenvalue weighted by Crippen LogP contribution is -2.20.